The van der Waals surface area contributed by atoms with Crippen molar-refractivity contribution < 1.29 is 4.79 Å². The minimum absolute atomic E-state index is 0.149. The van der Waals surface area contributed by atoms with E-state index in [-0.39, 0.29) is 5.91 Å². The summed E-state index contributed by atoms with van der Waals surface area (Å²) in [4.78, 5) is 16.6. The first kappa shape index (κ1) is 15.5. The molecule has 120 valence electrons. The van der Waals surface area contributed by atoms with Crippen molar-refractivity contribution in [1.29, 1.82) is 0 Å². The highest BCUT2D eigenvalue weighted by molar-refractivity contribution is 7.20. The zero-order chi connectivity index (χ0) is 16.0. The second kappa shape index (κ2) is 5.69. The summed E-state index contributed by atoms with van der Waals surface area (Å²) >= 11 is 1.58. The summed E-state index contributed by atoms with van der Waals surface area (Å²) in [5.41, 5.74) is 1.02. The van der Waals surface area contributed by atoms with Gasteiger partial charge in [-0.25, -0.2) is 0 Å². The van der Waals surface area contributed by atoms with Crippen molar-refractivity contribution >= 4 is 27.5 Å². The van der Waals surface area contributed by atoms with Crippen LogP contribution in [-0.2, 0) is 6.54 Å². The van der Waals surface area contributed by atoms with Gasteiger partial charge in [-0.05, 0) is 44.6 Å². The molecule has 4 nitrogen and oxygen atoms in total. The Balaban J connectivity index is 1.89. The number of aromatic nitrogens is 2. The van der Waals surface area contributed by atoms with Crippen molar-refractivity contribution in [2.24, 2.45) is 11.8 Å². The number of amides is 1. The number of hydrogen-bond acceptors (Lipinski definition) is 3. The molecule has 0 N–H and O–H groups in total. The Bertz CT molecular complexity index is 696. The van der Waals surface area contributed by atoms with E-state index in [0.29, 0.717) is 17.9 Å². The second-order valence-electron chi connectivity index (χ2n) is 6.98. The molecule has 1 aliphatic rings. The van der Waals surface area contributed by atoms with Crippen molar-refractivity contribution in [3.8, 4) is 0 Å². The van der Waals surface area contributed by atoms with Crippen LogP contribution >= 0.6 is 11.3 Å². The average molecular weight is 319 g/mol. The fourth-order valence-electron chi connectivity index (χ4n) is 2.94. The molecule has 0 spiro atoms. The van der Waals surface area contributed by atoms with E-state index in [0.717, 1.165) is 27.3 Å². The van der Waals surface area contributed by atoms with Crippen molar-refractivity contribution in [2.75, 3.05) is 7.05 Å². The molecule has 1 fully saturated rings. The molecule has 2 aromatic heterocycles. The monoisotopic (exact) mass is 319 g/mol. The molecule has 1 saturated carbocycles. The van der Waals surface area contributed by atoms with Crippen LogP contribution in [0, 0.1) is 18.8 Å². The van der Waals surface area contributed by atoms with Gasteiger partial charge in [-0.1, -0.05) is 13.8 Å². The Kier molecular flexibility index (Phi) is 4.02. The maximum absolute atomic E-state index is 12.7. The Labute approximate surface area is 136 Å². The van der Waals surface area contributed by atoms with Crippen LogP contribution < -0.4 is 0 Å². The summed E-state index contributed by atoms with van der Waals surface area (Å²) < 4.78 is 2.06. The SMILES string of the molecule is Cc1nn(CC(C)C)c2sc(C(=O)N(C)[C@H](C)C3CC3)cc12. The van der Waals surface area contributed by atoms with E-state index in [4.69, 9.17) is 0 Å². The highest BCUT2D eigenvalue weighted by atomic mass is 32.1. The fraction of sp³-hybridized carbons (Fsp3) is 0.647. The number of fused-ring (bicyclic) bond motifs is 1. The van der Waals surface area contributed by atoms with Gasteiger partial charge < -0.3 is 4.90 Å². The number of nitrogens with zero attached hydrogens (tertiary/aromatic N) is 3. The minimum Gasteiger partial charge on any atom is -0.338 e. The lowest BCUT2D eigenvalue weighted by atomic mass is 10.2. The third-order valence-corrected chi connectivity index (χ3v) is 5.73. The highest BCUT2D eigenvalue weighted by Gasteiger charge is 2.33. The van der Waals surface area contributed by atoms with E-state index in [1.54, 1.807) is 11.3 Å². The number of thiophene rings is 1. The number of hydrogen-bond donors (Lipinski definition) is 0. The minimum atomic E-state index is 0.149. The first-order chi connectivity index (χ1) is 10.4. The van der Waals surface area contributed by atoms with Crippen LogP contribution in [0.1, 0.15) is 49.0 Å². The Morgan fingerprint density at radius 2 is 2.14 bits per heavy atom. The van der Waals surface area contributed by atoms with E-state index in [9.17, 15) is 4.79 Å². The van der Waals surface area contributed by atoms with Gasteiger partial charge in [0.2, 0.25) is 0 Å². The molecule has 22 heavy (non-hydrogen) atoms. The summed E-state index contributed by atoms with van der Waals surface area (Å²) in [5.74, 6) is 1.39. The first-order valence-electron chi connectivity index (χ1n) is 8.12. The smallest absolute Gasteiger partial charge is 0.264 e. The summed E-state index contributed by atoms with van der Waals surface area (Å²) in [7, 11) is 1.93. The Hall–Kier alpha value is -1.36. The van der Waals surface area contributed by atoms with Gasteiger partial charge in [0.25, 0.3) is 5.91 Å². The van der Waals surface area contributed by atoms with Crippen LogP contribution in [0.2, 0.25) is 0 Å². The van der Waals surface area contributed by atoms with Crippen molar-refractivity contribution in [3.05, 3.63) is 16.6 Å². The lowest BCUT2D eigenvalue weighted by molar-refractivity contribution is 0.0732. The molecule has 2 aromatic rings. The maximum atomic E-state index is 12.7. The van der Waals surface area contributed by atoms with E-state index in [1.807, 2.05) is 24.9 Å². The molecule has 3 rings (SSSR count). The number of rotatable bonds is 5. The van der Waals surface area contributed by atoms with Crippen LogP contribution in [-0.4, -0.2) is 33.7 Å². The standard InChI is InChI=1S/C17H25N3OS/c1-10(2)9-20-17-14(11(3)18-20)8-15(22-17)16(21)19(5)12(4)13-6-7-13/h8,10,12-13H,6-7,9H2,1-5H3/t12-/m1/s1. The largest absolute Gasteiger partial charge is 0.338 e. The second-order valence-corrected chi connectivity index (χ2v) is 8.02. The number of aryl methyl sites for hydroxylation is 1. The van der Waals surface area contributed by atoms with Gasteiger partial charge in [0.1, 0.15) is 4.83 Å². The third kappa shape index (κ3) is 2.78. The van der Waals surface area contributed by atoms with Gasteiger partial charge in [0.15, 0.2) is 0 Å². The first-order valence-corrected chi connectivity index (χ1v) is 8.94. The van der Waals surface area contributed by atoms with Crippen molar-refractivity contribution in [1.82, 2.24) is 14.7 Å². The van der Waals surface area contributed by atoms with Crippen LogP contribution in [0.3, 0.4) is 0 Å². The summed E-state index contributed by atoms with van der Waals surface area (Å²) in [6.45, 7) is 9.46. The number of carbonyl (C=O) groups is 1. The lowest BCUT2D eigenvalue weighted by Gasteiger charge is -2.24. The molecule has 2 heterocycles. The predicted molar refractivity (Wildman–Crippen MR) is 91.5 cm³/mol. The topological polar surface area (TPSA) is 38.1 Å². The molecule has 1 atom stereocenters. The summed E-state index contributed by atoms with van der Waals surface area (Å²) in [6.07, 6.45) is 2.52. The van der Waals surface area contributed by atoms with Crippen LogP contribution in [0.5, 0.6) is 0 Å². The molecular weight excluding hydrogens is 294 g/mol. The van der Waals surface area contributed by atoms with Crippen LogP contribution in [0.4, 0.5) is 0 Å². The third-order valence-electron chi connectivity index (χ3n) is 4.59. The molecule has 0 unspecified atom stereocenters. The molecule has 1 amide bonds. The molecular formula is C17H25N3OS. The van der Waals surface area contributed by atoms with Gasteiger partial charge in [0.05, 0.1) is 10.6 Å². The van der Waals surface area contributed by atoms with Crippen molar-refractivity contribution in [2.45, 2.75) is 53.1 Å². The lowest BCUT2D eigenvalue weighted by Crippen LogP contribution is -2.35. The zero-order valence-electron chi connectivity index (χ0n) is 14.1. The normalized spacial score (nSPS) is 16.5. The van der Waals surface area contributed by atoms with Gasteiger partial charge in [-0.2, -0.15) is 5.10 Å². The fourth-order valence-corrected chi connectivity index (χ4v) is 4.10. The van der Waals surface area contributed by atoms with Gasteiger partial charge in [0, 0.05) is 25.0 Å². The molecule has 1 aliphatic carbocycles. The van der Waals surface area contributed by atoms with Gasteiger partial charge in [-0.15, -0.1) is 11.3 Å². The van der Waals surface area contributed by atoms with E-state index in [2.05, 4.69) is 30.6 Å². The predicted octanol–water partition coefficient (Wildman–Crippen LogP) is 3.93. The summed E-state index contributed by atoms with van der Waals surface area (Å²) in [6, 6.07) is 2.36. The molecule has 0 saturated heterocycles. The maximum Gasteiger partial charge on any atom is 0.264 e. The van der Waals surface area contributed by atoms with E-state index < -0.39 is 0 Å². The number of carbonyl (C=O) groups excluding carboxylic acids is 1. The molecule has 0 aliphatic heterocycles. The molecule has 5 heteroatoms. The molecule has 0 aromatic carbocycles. The Morgan fingerprint density at radius 3 is 2.73 bits per heavy atom. The van der Waals surface area contributed by atoms with Crippen LogP contribution in [0.15, 0.2) is 6.07 Å². The van der Waals surface area contributed by atoms with E-state index in [1.165, 1.54) is 12.8 Å². The van der Waals surface area contributed by atoms with Crippen LogP contribution in [0.25, 0.3) is 10.2 Å². The highest BCUT2D eigenvalue weighted by Crippen LogP contribution is 2.36. The quantitative estimate of drug-likeness (QED) is 0.837. The van der Waals surface area contributed by atoms with E-state index >= 15 is 0 Å². The summed E-state index contributed by atoms with van der Waals surface area (Å²) in [5, 5.41) is 5.74. The van der Waals surface area contributed by atoms with Crippen molar-refractivity contribution in [3.63, 3.8) is 0 Å². The van der Waals surface area contributed by atoms with Gasteiger partial charge in [-0.3, -0.25) is 9.48 Å². The average Bonchev–Trinajstić information content (AvgIpc) is 3.15. The van der Waals surface area contributed by atoms with Gasteiger partial charge >= 0.3 is 0 Å². The zero-order valence-corrected chi connectivity index (χ0v) is 14.9. The Morgan fingerprint density at radius 1 is 1.45 bits per heavy atom. The molecule has 0 radical (unpaired) electrons. The molecule has 0 bridgehead atoms.